The summed E-state index contributed by atoms with van der Waals surface area (Å²) in [5.74, 6) is -2.62. The number of likely N-dealkylation sites (tertiary alicyclic amines) is 1. The quantitative estimate of drug-likeness (QED) is 0.135. The van der Waals surface area contributed by atoms with Gasteiger partial charge in [-0.25, -0.2) is 4.79 Å². The fraction of sp³-hybridized carbons (Fsp3) is 0.857. The van der Waals surface area contributed by atoms with Crippen molar-refractivity contribution in [3.8, 4) is 0 Å². The van der Waals surface area contributed by atoms with Crippen LogP contribution < -0.4 is 27.4 Å². The van der Waals surface area contributed by atoms with Crippen LogP contribution in [-0.4, -0.2) is 86.4 Å². The van der Waals surface area contributed by atoms with Gasteiger partial charge in [0, 0.05) is 23.1 Å². The van der Waals surface area contributed by atoms with Crippen LogP contribution >= 0.6 is 0 Å². The van der Waals surface area contributed by atoms with Gasteiger partial charge in [-0.05, 0) is 56.4 Å². The maximum Gasteiger partial charge on any atom is 0.315 e. The molecule has 7 N–H and O–H groups in total. The number of unbranched alkanes of at least 4 members (excludes halogenated alkanes) is 2. The largest absolute Gasteiger partial charge is 0.363 e. The molecule has 0 aromatic carbocycles. The van der Waals surface area contributed by atoms with Crippen LogP contribution in [0.1, 0.15) is 132 Å². The highest BCUT2D eigenvalue weighted by molar-refractivity contribution is 7.86. The molecule has 13 heteroatoms. The summed E-state index contributed by atoms with van der Waals surface area (Å²) in [5.41, 5.74) is 10.1. The van der Waals surface area contributed by atoms with Gasteiger partial charge < -0.3 is 32.3 Å². The maximum atomic E-state index is 14.3. The predicted octanol–water partition coefficient (Wildman–Crippen LogP) is 3.66. The van der Waals surface area contributed by atoms with Gasteiger partial charge in [0.1, 0.15) is 12.1 Å². The van der Waals surface area contributed by atoms with Crippen LogP contribution in [0.5, 0.6) is 0 Å². The molecule has 0 aromatic heterocycles. The van der Waals surface area contributed by atoms with E-state index in [-0.39, 0.29) is 37.1 Å². The zero-order valence-corrected chi connectivity index (χ0v) is 31.8. The lowest BCUT2D eigenvalue weighted by Gasteiger charge is -2.40. The molecule has 2 heterocycles. The molecule has 2 saturated heterocycles. The molecule has 2 rings (SSSR count). The molecule has 2 aliphatic rings. The lowest BCUT2D eigenvalue weighted by molar-refractivity contribution is -0.142. The van der Waals surface area contributed by atoms with E-state index >= 15 is 0 Å². The van der Waals surface area contributed by atoms with Crippen LogP contribution in [0.25, 0.3) is 0 Å². The zero-order valence-electron chi connectivity index (χ0n) is 31.0. The summed E-state index contributed by atoms with van der Waals surface area (Å²) in [6, 6.07) is -3.47. The molecule has 2 aliphatic heterocycles. The number of rotatable bonds is 18. The lowest BCUT2D eigenvalue weighted by atomic mass is 9.84. The first-order valence-corrected chi connectivity index (χ1v) is 19.6. The monoisotopic (exact) mass is 698 g/mol. The number of hydrogen-bond acceptors (Lipinski definition) is 7. The third-order valence-corrected chi connectivity index (χ3v) is 11.9. The van der Waals surface area contributed by atoms with Crippen LogP contribution in [0.2, 0.25) is 0 Å². The summed E-state index contributed by atoms with van der Waals surface area (Å²) in [4.78, 5) is 67.3. The molecule has 0 bridgehead atoms. The first-order chi connectivity index (χ1) is 22.6. The summed E-state index contributed by atoms with van der Waals surface area (Å²) in [5, 5.41) is 8.65. The van der Waals surface area contributed by atoms with Gasteiger partial charge in [-0.1, -0.05) is 93.9 Å². The van der Waals surface area contributed by atoms with Gasteiger partial charge in [0.2, 0.25) is 17.6 Å². The number of Topliss-reactive ketones (excluding diaryl/α,β-unsaturated/α-hetero) is 1. The molecule has 0 radical (unpaired) electrons. The summed E-state index contributed by atoms with van der Waals surface area (Å²) in [6.45, 7) is 16.4. The number of nitrogens with two attached hydrogens (primary N) is 2. The van der Waals surface area contributed by atoms with E-state index in [1.807, 2.05) is 34.6 Å². The van der Waals surface area contributed by atoms with Crippen LogP contribution in [0, 0.1) is 11.3 Å². The smallest absolute Gasteiger partial charge is 0.315 e. The summed E-state index contributed by atoms with van der Waals surface area (Å²) in [6.07, 6.45) is 8.43. The van der Waals surface area contributed by atoms with Crippen LogP contribution in [0.15, 0.2) is 0 Å². The number of hydrogen-bond donors (Lipinski definition) is 5. The van der Waals surface area contributed by atoms with Crippen LogP contribution in [0.3, 0.4) is 0 Å². The average Bonchev–Trinajstić information content (AvgIpc) is 3.66. The minimum Gasteiger partial charge on any atom is -0.363 e. The van der Waals surface area contributed by atoms with Crippen molar-refractivity contribution in [3.05, 3.63) is 0 Å². The van der Waals surface area contributed by atoms with Crippen molar-refractivity contribution in [2.24, 2.45) is 22.8 Å². The third kappa shape index (κ3) is 11.8. The number of carbonyl (C=O) groups excluding carboxylic acids is 5. The molecule has 5 amide bonds. The highest BCUT2D eigenvalue weighted by atomic mass is 32.2. The van der Waals surface area contributed by atoms with Gasteiger partial charge in [0.25, 0.3) is 5.91 Å². The minimum absolute atomic E-state index is 0.154. The van der Waals surface area contributed by atoms with E-state index in [9.17, 15) is 28.2 Å². The molecule has 0 aromatic rings. The molecular formula is C35H66N6O6S. The Kier molecular flexibility index (Phi) is 18.9. The summed E-state index contributed by atoms with van der Waals surface area (Å²) in [7, 11) is -1.04. The van der Waals surface area contributed by atoms with E-state index in [1.54, 1.807) is 0 Å². The Morgan fingerprint density at radius 3 is 2.12 bits per heavy atom. The van der Waals surface area contributed by atoms with E-state index in [0.717, 1.165) is 32.1 Å². The Morgan fingerprint density at radius 1 is 1.02 bits per heavy atom. The van der Waals surface area contributed by atoms with Crippen molar-refractivity contribution in [3.63, 3.8) is 0 Å². The molecule has 12 nitrogen and oxygen atoms in total. The molecule has 2 fully saturated rings. The fourth-order valence-corrected chi connectivity index (χ4v) is 8.67. The van der Waals surface area contributed by atoms with Gasteiger partial charge in [-0.15, -0.1) is 0 Å². The topological polar surface area (TPSA) is 194 Å². The fourth-order valence-electron chi connectivity index (χ4n) is 6.66. The van der Waals surface area contributed by atoms with Crippen molar-refractivity contribution in [2.75, 3.05) is 18.8 Å². The van der Waals surface area contributed by atoms with Crippen molar-refractivity contribution >= 4 is 40.3 Å². The SMILES string of the molecule is CCC.CCCCC(NC(=O)C1CC(C)(CN)CN1C(=O)C(NC(=O)NC(CC)(CCCC)C1CCCS1=O)C(C)CC)C(=O)C(N)=O. The molecule has 0 aliphatic carbocycles. The van der Waals surface area contributed by atoms with Crippen molar-refractivity contribution < 1.29 is 28.2 Å². The molecule has 8 unspecified atom stereocenters. The van der Waals surface area contributed by atoms with E-state index in [4.69, 9.17) is 11.5 Å². The Labute approximate surface area is 291 Å². The van der Waals surface area contributed by atoms with Crippen LogP contribution in [-0.2, 0) is 30.0 Å². The number of carbonyl (C=O) groups is 5. The Morgan fingerprint density at radius 2 is 1.65 bits per heavy atom. The average molecular weight is 699 g/mol. The third-order valence-electron chi connectivity index (χ3n) is 9.90. The van der Waals surface area contributed by atoms with Crippen molar-refractivity contribution in [2.45, 2.75) is 161 Å². The molecule has 278 valence electrons. The van der Waals surface area contributed by atoms with Gasteiger partial charge >= 0.3 is 6.03 Å². The van der Waals surface area contributed by atoms with Gasteiger partial charge in [-0.3, -0.25) is 23.4 Å². The molecular weight excluding hydrogens is 632 g/mol. The van der Waals surface area contributed by atoms with Crippen molar-refractivity contribution in [1.82, 2.24) is 20.9 Å². The first kappa shape index (κ1) is 43.5. The second kappa shape index (κ2) is 20.9. The highest BCUT2D eigenvalue weighted by Gasteiger charge is 2.49. The number of amides is 5. The Bertz CT molecular complexity index is 1110. The normalized spacial score (nSPS) is 25.1. The van der Waals surface area contributed by atoms with E-state index in [2.05, 4.69) is 36.7 Å². The summed E-state index contributed by atoms with van der Waals surface area (Å²) < 4.78 is 13.0. The number of nitrogens with zero attached hydrogens (tertiary/aromatic N) is 1. The molecule has 8 atom stereocenters. The number of ketones is 1. The first-order valence-electron chi connectivity index (χ1n) is 18.2. The van der Waals surface area contributed by atoms with E-state index in [0.29, 0.717) is 31.4 Å². The highest BCUT2D eigenvalue weighted by Crippen LogP contribution is 2.36. The molecule has 0 saturated carbocycles. The maximum absolute atomic E-state index is 14.3. The van der Waals surface area contributed by atoms with Crippen molar-refractivity contribution in [1.29, 1.82) is 0 Å². The number of nitrogens with one attached hydrogen (secondary N) is 3. The van der Waals surface area contributed by atoms with Gasteiger partial charge in [0.05, 0.1) is 16.8 Å². The zero-order chi connectivity index (χ0) is 36.7. The molecule has 48 heavy (non-hydrogen) atoms. The minimum atomic E-state index is -1.13. The van der Waals surface area contributed by atoms with Gasteiger partial charge in [-0.2, -0.15) is 0 Å². The molecule has 0 spiro atoms. The standard InChI is InChI=1S/C32H58N6O6S.C3H8/c1-7-11-14-22(26(39)27(34)40)35-28(41)23-18-31(6,19-33)20-38(23)29(42)25(21(5)9-3)36-30(43)37-32(10-4,16-12-8-2)24-15-13-17-45(24)44;1-3-2/h21-25H,7-20,33H2,1-6H3,(H2,34,40)(H,35,41)(H2,36,37,43);3H2,1-2H3. The van der Waals surface area contributed by atoms with E-state index < -0.39 is 69.4 Å². The summed E-state index contributed by atoms with van der Waals surface area (Å²) >= 11 is 0. The number of primary amides is 1. The Hall–Kier alpha value is -2.54. The second-order valence-electron chi connectivity index (χ2n) is 14.1. The second-order valence-corrected chi connectivity index (χ2v) is 15.9. The van der Waals surface area contributed by atoms with Gasteiger partial charge in [0.15, 0.2) is 0 Å². The van der Waals surface area contributed by atoms with E-state index in [1.165, 1.54) is 11.3 Å². The van der Waals surface area contributed by atoms with Crippen LogP contribution in [0.4, 0.5) is 4.79 Å². The number of urea groups is 1. The predicted molar refractivity (Wildman–Crippen MR) is 192 cm³/mol. The Balaban J connectivity index is 0.00000369. The lowest BCUT2D eigenvalue weighted by Crippen LogP contribution is -2.63.